The summed E-state index contributed by atoms with van der Waals surface area (Å²) in [4.78, 5) is 18.3. The van der Waals surface area contributed by atoms with Crippen LogP contribution in [-0.2, 0) is 0 Å². The molecule has 22 heavy (non-hydrogen) atoms. The van der Waals surface area contributed by atoms with E-state index in [1.807, 2.05) is 41.7 Å². The monoisotopic (exact) mass is 300 g/mol. The molecule has 3 rings (SSSR count). The Hall–Kier alpha value is -2.50. The summed E-state index contributed by atoms with van der Waals surface area (Å²) in [6, 6.07) is 7.77. The van der Waals surface area contributed by atoms with Gasteiger partial charge in [0.1, 0.15) is 5.75 Å². The first-order chi connectivity index (χ1) is 10.8. The van der Waals surface area contributed by atoms with E-state index in [0.717, 1.165) is 37.4 Å². The highest BCUT2D eigenvalue weighted by Crippen LogP contribution is 2.23. The molecular weight excluding hydrogens is 280 g/mol. The lowest BCUT2D eigenvalue weighted by atomic mass is 10.1. The van der Waals surface area contributed by atoms with Gasteiger partial charge in [-0.2, -0.15) is 0 Å². The predicted molar refractivity (Wildman–Crippen MR) is 84.1 cm³/mol. The Balaban J connectivity index is 1.55. The van der Waals surface area contributed by atoms with Crippen LogP contribution in [0.15, 0.2) is 43.0 Å². The van der Waals surface area contributed by atoms with Gasteiger partial charge in [-0.15, -0.1) is 0 Å². The number of urea groups is 1. The number of benzene rings is 1. The Morgan fingerprint density at radius 3 is 2.86 bits per heavy atom. The molecule has 0 atom stereocenters. The molecule has 1 aromatic carbocycles. The SMILES string of the molecule is COc1cccc(NC(=O)N2CCC(n3ccnc3)CC2)c1. The van der Waals surface area contributed by atoms with Crippen LogP contribution in [0.3, 0.4) is 0 Å². The number of amides is 2. The van der Waals surface area contributed by atoms with E-state index in [1.54, 1.807) is 13.3 Å². The molecule has 0 saturated carbocycles. The number of ether oxygens (including phenoxy) is 1. The number of nitrogens with zero attached hydrogens (tertiary/aromatic N) is 3. The number of hydrogen-bond acceptors (Lipinski definition) is 3. The zero-order valence-electron chi connectivity index (χ0n) is 12.6. The van der Waals surface area contributed by atoms with Crippen molar-refractivity contribution in [2.24, 2.45) is 0 Å². The number of carbonyl (C=O) groups excluding carboxylic acids is 1. The van der Waals surface area contributed by atoms with Gasteiger partial charge in [0.25, 0.3) is 0 Å². The first-order valence-corrected chi connectivity index (χ1v) is 7.43. The number of likely N-dealkylation sites (tertiary alicyclic amines) is 1. The Labute approximate surface area is 129 Å². The fraction of sp³-hybridized carbons (Fsp3) is 0.375. The second-order valence-corrected chi connectivity index (χ2v) is 5.39. The minimum absolute atomic E-state index is 0.0580. The summed E-state index contributed by atoms with van der Waals surface area (Å²) in [7, 11) is 1.61. The number of anilines is 1. The maximum Gasteiger partial charge on any atom is 0.321 e. The largest absolute Gasteiger partial charge is 0.497 e. The van der Waals surface area contributed by atoms with Crippen LogP contribution < -0.4 is 10.1 Å². The molecule has 1 aromatic heterocycles. The number of nitrogens with one attached hydrogen (secondary N) is 1. The quantitative estimate of drug-likeness (QED) is 0.948. The molecule has 2 aromatic rings. The highest BCUT2D eigenvalue weighted by atomic mass is 16.5. The Bertz CT molecular complexity index is 619. The molecule has 6 heteroatoms. The zero-order chi connectivity index (χ0) is 15.4. The second-order valence-electron chi connectivity index (χ2n) is 5.39. The molecule has 6 nitrogen and oxygen atoms in total. The average molecular weight is 300 g/mol. The number of methoxy groups -OCH3 is 1. The molecule has 116 valence electrons. The highest BCUT2D eigenvalue weighted by Gasteiger charge is 2.23. The van der Waals surface area contributed by atoms with Crippen molar-refractivity contribution in [1.29, 1.82) is 0 Å². The molecule has 0 aliphatic carbocycles. The maximum absolute atomic E-state index is 12.3. The van der Waals surface area contributed by atoms with Crippen LogP contribution in [0, 0.1) is 0 Å². The topological polar surface area (TPSA) is 59.4 Å². The number of carbonyl (C=O) groups is 1. The summed E-state index contributed by atoms with van der Waals surface area (Å²) in [5, 5.41) is 2.92. The first-order valence-electron chi connectivity index (χ1n) is 7.43. The molecule has 2 heterocycles. The molecule has 0 bridgehead atoms. The summed E-state index contributed by atoms with van der Waals surface area (Å²) in [6.45, 7) is 1.50. The minimum Gasteiger partial charge on any atom is -0.497 e. The third kappa shape index (κ3) is 3.21. The first kappa shape index (κ1) is 14.4. The number of hydrogen-bond donors (Lipinski definition) is 1. The van der Waals surface area contributed by atoms with Crippen LogP contribution in [0.4, 0.5) is 10.5 Å². The molecule has 1 fully saturated rings. The number of aromatic nitrogens is 2. The molecule has 1 N–H and O–H groups in total. The molecule has 0 radical (unpaired) electrons. The summed E-state index contributed by atoms with van der Waals surface area (Å²) in [6.07, 6.45) is 7.51. The van der Waals surface area contributed by atoms with Gasteiger partial charge in [-0.05, 0) is 25.0 Å². The van der Waals surface area contributed by atoms with Crippen molar-refractivity contribution >= 4 is 11.7 Å². The van der Waals surface area contributed by atoms with Gasteiger partial charge in [0.2, 0.25) is 0 Å². The highest BCUT2D eigenvalue weighted by molar-refractivity contribution is 5.89. The van der Waals surface area contributed by atoms with E-state index in [0.29, 0.717) is 6.04 Å². The van der Waals surface area contributed by atoms with Crippen LogP contribution in [0.25, 0.3) is 0 Å². The van der Waals surface area contributed by atoms with E-state index in [9.17, 15) is 4.79 Å². The molecule has 1 aliphatic heterocycles. The van der Waals surface area contributed by atoms with E-state index < -0.39 is 0 Å². The Morgan fingerprint density at radius 2 is 2.18 bits per heavy atom. The lowest BCUT2D eigenvalue weighted by Crippen LogP contribution is -2.41. The predicted octanol–water partition coefficient (Wildman–Crippen LogP) is 2.76. The fourth-order valence-electron chi connectivity index (χ4n) is 2.76. The van der Waals surface area contributed by atoms with Crippen LogP contribution in [0.1, 0.15) is 18.9 Å². The minimum atomic E-state index is -0.0580. The van der Waals surface area contributed by atoms with Gasteiger partial charge in [0.15, 0.2) is 0 Å². The van der Waals surface area contributed by atoms with Gasteiger partial charge in [-0.3, -0.25) is 0 Å². The molecule has 0 unspecified atom stereocenters. The number of imidazole rings is 1. The van der Waals surface area contributed by atoms with Gasteiger partial charge in [0, 0.05) is 43.3 Å². The van der Waals surface area contributed by atoms with E-state index in [1.165, 1.54) is 0 Å². The molecule has 1 saturated heterocycles. The van der Waals surface area contributed by atoms with Crippen LogP contribution in [-0.4, -0.2) is 40.7 Å². The van der Waals surface area contributed by atoms with Crippen LogP contribution >= 0.6 is 0 Å². The van der Waals surface area contributed by atoms with Crippen molar-refractivity contribution in [3.05, 3.63) is 43.0 Å². The van der Waals surface area contributed by atoms with E-state index in [2.05, 4.69) is 14.9 Å². The van der Waals surface area contributed by atoms with Crippen LogP contribution in [0.2, 0.25) is 0 Å². The summed E-state index contributed by atoms with van der Waals surface area (Å²) < 4.78 is 7.29. The van der Waals surface area contributed by atoms with Crippen molar-refractivity contribution in [1.82, 2.24) is 14.5 Å². The molecule has 1 aliphatic rings. The number of rotatable bonds is 3. The third-order valence-electron chi connectivity index (χ3n) is 4.02. The van der Waals surface area contributed by atoms with Gasteiger partial charge in [-0.1, -0.05) is 6.07 Å². The molecule has 2 amide bonds. The van der Waals surface area contributed by atoms with Crippen molar-refractivity contribution < 1.29 is 9.53 Å². The maximum atomic E-state index is 12.3. The van der Waals surface area contributed by atoms with Crippen molar-refractivity contribution in [3.8, 4) is 5.75 Å². The average Bonchev–Trinajstić information content (AvgIpc) is 3.09. The van der Waals surface area contributed by atoms with Gasteiger partial charge in [0.05, 0.1) is 13.4 Å². The Morgan fingerprint density at radius 1 is 1.36 bits per heavy atom. The lowest BCUT2D eigenvalue weighted by Gasteiger charge is -2.32. The smallest absolute Gasteiger partial charge is 0.321 e. The van der Waals surface area contributed by atoms with Crippen molar-refractivity contribution in [3.63, 3.8) is 0 Å². The zero-order valence-corrected chi connectivity index (χ0v) is 12.6. The summed E-state index contributed by atoms with van der Waals surface area (Å²) in [5.41, 5.74) is 0.751. The van der Waals surface area contributed by atoms with E-state index in [4.69, 9.17) is 4.74 Å². The second kappa shape index (κ2) is 6.51. The van der Waals surface area contributed by atoms with Gasteiger partial charge >= 0.3 is 6.03 Å². The Kier molecular flexibility index (Phi) is 4.27. The third-order valence-corrected chi connectivity index (χ3v) is 4.02. The summed E-state index contributed by atoms with van der Waals surface area (Å²) in [5.74, 6) is 0.733. The van der Waals surface area contributed by atoms with Crippen LogP contribution in [0.5, 0.6) is 5.75 Å². The molecule has 0 spiro atoms. The standard InChI is InChI=1S/C16H20N4O2/c1-22-15-4-2-3-13(11-15)18-16(21)19-8-5-14(6-9-19)20-10-7-17-12-20/h2-4,7,10-12,14H,5-6,8-9H2,1H3,(H,18,21). The van der Waals surface area contributed by atoms with E-state index in [-0.39, 0.29) is 6.03 Å². The van der Waals surface area contributed by atoms with Crippen molar-refractivity contribution in [2.45, 2.75) is 18.9 Å². The van der Waals surface area contributed by atoms with Crippen molar-refractivity contribution in [2.75, 3.05) is 25.5 Å². The van der Waals surface area contributed by atoms with Gasteiger partial charge < -0.3 is 19.5 Å². The van der Waals surface area contributed by atoms with Gasteiger partial charge in [-0.25, -0.2) is 9.78 Å². The fourth-order valence-corrected chi connectivity index (χ4v) is 2.76. The molecular formula is C16H20N4O2. The van der Waals surface area contributed by atoms with E-state index >= 15 is 0 Å². The lowest BCUT2D eigenvalue weighted by molar-refractivity contribution is 0.183. The summed E-state index contributed by atoms with van der Waals surface area (Å²) >= 11 is 0. The normalized spacial score (nSPS) is 15.6. The number of piperidine rings is 1.